The average Bonchev–Trinajstić information content (AvgIpc) is 3.00. The van der Waals surface area contributed by atoms with Crippen molar-refractivity contribution in [2.75, 3.05) is 5.32 Å². The lowest BCUT2D eigenvalue weighted by molar-refractivity contribution is -0.115. The minimum atomic E-state index is -0.0630. The molecule has 0 bridgehead atoms. The van der Waals surface area contributed by atoms with E-state index in [0.29, 0.717) is 18.2 Å². The molecule has 1 saturated carbocycles. The van der Waals surface area contributed by atoms with E-state index >= 15 is 0 Å². The molecule has 0 radical (unpaired) electrons. The molecule has 3 rings (SSSR count). The Morgan fingerprint density at radius 2 is 2.14 bits per heavy atom. The third-order valence-corrected chi connectivity index (χ3v) is 4.28. The van der Waals surface area contributed by atoms with Crippen LogP contribution < -0.4 is 5.32 Å². The Morgan fingerprint density at radius 3 is 2.82 bits per heavy atom. The van der Waals surface area contributed by atoms with Crippen LogP contribution in [0.1, 0.15) is 55.7 Å². The van der Waals surface area contributed by atoms with E-state index in [0.717, 1.165) is 11.3 Å². The van der Waals surface area contributed by atoms with Crippen LogP contribution in [0.2, 0.25) is 0 Å². The standard InChI is InChI=1S/C16H23N5O/c1-21-11-12(10-17-21)8-16(22)18-15-9-14(19-20-15)13-6-4-2-3-5-7-13/h9-11,13H,2-8H2,1H3,(H2,18,19,20,22). The highest BCUT2D eigenvalue weighted by Crippen LogP contribution is 2.31. The van der Waals surface area contributed by atoms with E-state index in [1.807, 2.05) is 19.3 Å². The van der Waals surface area contributed by atoms with E-state index in [4.69, 9.17) is 0 Å². The molecule has 22 heavy (non-hydrogen) atoms. The fourth-order valence-electron chi connectivity index (χ4n) is 3.14. The summed E-state index contributed by atoms with van der Waals surface area (Å²) in [5, 5.41) is 14.2. The first kappa shape index (κ1) is 14.8. The van der Waals surface area contributed by atoms with Gasteiger partial charge < -0.3 is 5.32 Å². The van der Waals surface area contributed by atoms with Crippen LogP contribution in [-0.4, -0.2) is 25.9 Å². The van der Waals surface area contributed by atoms with Crippen LogP contribution in [-0.2, 0) is 18.3 Å². The molecule has 6 heteroatoms. The summed E-state index contributed by atoms with van der Waals surface area (Å²) in [6, 6.07) is 1.98. The number of carbonyl (C=O) groups excluding carboxylic acids is 1. The number of nitrogens with one attached hydrogen (secondary N) is 2. The second kappa shape index (κ2) is 6.77. The largest absolute Gasteiger partial charge is 0.309 e. The number of anilines is 1. The number of H-pyrrole nitrogens is 1. The van der Waals surface area contributed by atoms with Gasteiger partial charge >= 0.3 is 0 Å². The van der Waals surface area contributed by atoms with Gasteiger partial charge in [-0.25, -0.2) is 0 Å². The van der Waals surface area contributed by atoms with E-state index in [-0.39, 0.29) is 5.91 Å². The second-order valence-corrected chi connectivity index (χ2v) is 6.14. The Balaban J connectivity index is 1.57. The van der Waals surface area contributed by atoms with Crippen LogP contribution in [0.4, 0.5) is 5.82 Å². The topological polar surface area (TPSA) is 75.6 Å². The number of hydrogen-bond donors (Lipinski definition) is 2. The molecule has 1 aliphatic rings. The van der Waals surface area contributed by atoms with Crippen LogP contribution in [0.5, 0.6) is 0 Å². The SMILES string of the molecule is Cn1cc(CC(=O)Nc2cc(C3CCCCCC3)[nH]n2)cn1. The summed E-state index contributed by atoms with van der Waals surface area (Å²) in [6.07, 6.45) is 11.5. The van der Waals surface area contributed by atoms with Gasteiger partial charge in [0.25, 0.3) is 0 Å². The van der Waals surface area contributed by atoms with Crippen LogP contribution in [0.25, 0.3) is 0 Å². The van der Waals surface area contributed by atoms with Gasteiger partial charge in [0.1, 0.15) is 0 Å². The molecule has 2 aromatic rings. The monoisotopic (exact) mass is 301 g/mol. The number of aromatic nitrogens is 4. The maximum atomic E-state index is 12.0. The second-order valence-electron chi connectivity index (χ2n) is 6.14. The first-order valence-corrected chi connectivity index (χ1v) is 8.03. The lowest BCUT2D eigenvalue weighted by Crippen LogP contribution is -2.14. The van der Waals surface area contributed by atoms with E-state index < -0.39 is 0 Å². The number of aromatic amines is 1. The number of carbonyl (C=O) groups is 1. The Bertz CT molecular complexity index is 622. The molecule has 0 saturated heterocycles. The number of rotatable bonds is 4. The van der Waals surface area contributed by atoms with Crippen LogP contribution >= 0.6 is 0 Å². The molecular weight excluding hydrogens is 278 g/mol. The zero-order valence-corrected chi connectivity index (χ0v) is 13.0. The summed E-state index contributed by atoms with van der Waals surface area (Å²) in [5.74, 6) is 1.11. The minimum Gasteiger partial charge on any atom is -0.309 e. The van der Waals surface area contributed by atoms with Gasteiger partial charge in [0.15, 0.2) is 5.82 Å². The van der Waals surface area contributed by atoms with E-state index in [2.05, 4.69) is 20.6 Å². The molecule has 1 amide bonds. The zero-order valence-electron chi connectivity index (χ0n) is 13.0. The third-order valence-electron chi connectivity index (χ3n) is 4.28. The fourth-order valence-corrected chi connectivity index (χ4v) is 3.14. The molecule has 0 atom stereocenters. The van der Waals surface area contributed by atoms with Crippen molar-refractivity contribution < 1.29 is 4.79 Å². The molecule has 0 aliphatic heterocycles. The van der Waals surface area contributed by atoms with Crippen molar-refractivity contribution in [2.24, 2.45) is 7.05 Å². The minimum absolute atomic E-state index is 0.0630. The van der Waals surface area contributed by atoms with Crippen LogP contribution in [0.15, 0.2) is 18.5 Å². The van der Waals surface area contributed by atoms with Gasteiger partial charge in [-0.05, 0) is 18.4 Å². The summed E-state index contributed by atoms with van der Waals surface area (Å²) in [5.41, 5.74) is 2.05. The molecule has 2 N–H and O–H groups in total. The molecule has 1 fully saturated rings. The third kappa shape index (κ3) is 3.75. The van der Waals surface area contributed by atoms with Crippen molar-refractivity contribution in [1.29, 1.82) is 0 Å². The summed E-state index contributed by atoms with van der Waals surface area (Å²) in [7, 11) is 1.84. The lowest BCUT2D eigenvalue weighted by atomic mass is 9.97. The van der Waals surface area contributed by atoms with Crippen molar-refractivity contribution in [3.05, 3.63) is 29.7 Å². The summed E-state index contributed by atoms with van der Waals surface area (Å²) in [4.78, 5) is 12.0. The summed E-state index contributed by atoms with van der Waals surface area (Å²) in [6.45, 7) is 0. The smallest absolute Gasteiger partial charge is 0.230 e. The van der Waals surface area contributed by atoms with Crippen molar-refractivity contribution in [3.8, 4) is 0 Å². The molecule has 1 aliphatic carbocycles. The highest BCUT2D eigenvalue weighted by atomic mass is 16.1. The highest BCUT2D eigenvalue weighted by Gasteiger charge is 2.17. The van der Waals surface area contributed by atoms with Gasteiger partial charge in [-0.2, -0.15) is 10.2 Å². The van der Waals surface area contributed by atoms with Crippen molar-refractivity contribution in [2.45, 2.75) is 50.9 Å². The maximum absolute atomic E-state index is 12.0. The molecule has 2 heterocycles. The molecular formula is C16H23N5O. The molecule has 0 spiro atoms. The van der Waals surface area contributed by atoms with E-state index in [9.17, 15) is 4.79 Å². The molecule has 0 aromatic carbocycles. The first-order valence-electron chi connectivity index (χ1n) is 8.03. The van der Waals surface area contributed by atoms with Crippen molar-refractivity contribution in [1.82, 2.24) is 20.0 Å². The van der Waals surface area contributed by atoms with Crippen molar-refractivity contribution in [3.63, 3.8) is 0 Å². The first-order chi connectivity index (χ1) is 10.7. The Kier molecular flexibility index (Phi) is 4.56. The van der Waals surface area contributed by atoms with Crippen LogP contribution in [0.3, 0.4) is 0 Å². The predicted octanol–water partition coefficient (Wildman–Crippen LogP) is 2.76. The summed E-state index contributed by atoms with van der Waals surface area (Å²) >= 11 is 0. The van der Waals surface area contributed by atoms with E-state index in [1.54, 1.807) is 10.9 Å². The number of nitrogens with zero attached hydrogens (tertiary/aromatic N) is 3. The Morgan fingerprint density at radius 1 is 1.36 bits per heavy atom. The highest BCUT2D eigenvalue weighted by molar-refractivity contribution is 5.91. The average molecular weight is 301 g/mol. The molecule has 118 valence electrons. The van der Waals surface area contributed by atoms with Gasteiger partial charge in [0.05, 0.1) is 12.6 Å². The van der Waals surface area contributed by atoms with Gasteiger partial charge in [0, 0.05) is 30.9 Å². The van der Waals surface area contributed by atoms with Gasteiger partial charge in [0.2, 0.25) is 5.91 Å². The fraction of sp³-hybridized carbons (Fsp3) is 0.562. The molecule has 2 aromatic heterocycles. The van der Waals surface area contributed by atoms with E-state index in [1.165, 1.54) is 38.5 Å². The number of hydrogen-bond acceptors (Lipinski definition) is 3. The predicted molar refractivity (Wildman–Crippen MR) is 84.6 cm³/mol. The Labute approximate surface area is 130 Å². The molecule has 6 nitrogen and oxygen atoms in total. The maximum Gasteiger partial charge on any atom is 0.230 e. The zero-order chi connectivity index (χ0) is 15.4. The van der Waals surface area contributed by atoms with Crippen LogP contribution in [0, 0.1) is 0 Å². The van der Waals surface area contributed by atoms with Crippen molar-refractivity contribution >= 4 is 11.7 Å². The van der Waals surface area contributed by atoms with Gasteiger partial charge in [-0.15, -0.1) is 0 Å². The summed E-state index contributed by atoms with van der Waals surface area (Å²) < 4.78 is 1.70. The normalized spacial score (nSPS) is 16.4. The number of aryl methyl sites for hydroxylation is 1. The number of amides is 1. The lowest BCUT2D eigenvalue weighted by Gasteiger charge is -2.10. The Hall–Kier alpha value is -2.11. The van der Waals surface area contributed by atoms with Gasteiger partial charge in [-0.1, -0.05) is 25.7 Å². The van der Waals surface area contributed by atoms with Gasteiger partial charge in [-0.3, -0.25) is 14.6 Å². The quantitative estimate of drug-likeness (QED) is 0.853. The molecule has 0 unspecified atom stereocenters.